The number of hydrogen-bond donors (Lipinski definition) is 1. The number of methoxy groups -OCH3 is 1. The van der Waals surface area contributed by atoms with Crippen molar-refractivity contribution in [2.45, 2.75) is 25.9 Å². The highest BCUT2D eigenvalue weighted by molar-refractivity contribution is 5.30. The number of benzene rings is 1. The zero-order chi connectivity index (χ0) is 13.7. The molecule has 0 bridgehead atoms. The number of aliphatic hydroxyl groups excluding tert-OH is 1. The number of aliphatic hydroxyl groups is 1. The molecule has 0 radical (unpaired) electrons. The highest BCUT2D eigenvalue weighted by atomic mass is 16.5. The topological polar surface area (TPSA) is 55.2 Å². The Morgan fingerprint density at radius 2 is 1.95 bits per heavy atom. The van der Waals surface area contributed by atoms with E-state index in [1.165, 1.54) is 19.0 Å². The summed E-state index contributed by atoms with van der Waals surface area (Å²) in [5.41, 5.74) is 2.63. The molecule has 1 atom stereocenters. The molecule has 1 heterocycles. The Hall–Kier alpha value is -1.94. The predicted molar refractivity (Wildman–Crippen MR) is 73.1 cm³/mol. The first-order valence-corrected chi connectivity index (χ1v) is 6.37. The average molecular weight is 258 g/mol. The Bertz CT molecular complexity index is 526. The monoisotopic (exact) mass is 258 g/mol. The highest BCUT2D eigenvalue weighted by Gasteiger charge is 2.13. The molecule has 0 aliphatic heterocycles. The second kappa shape index (κ2) is 6.29. The van der Waals surface area contributed by atoms with E-state index in [2.05, 4.69) is 16.9 Å². The summed E-state index contributed by atoms with van der Waals surface area (Å²) in [5, 5.41) is 10.3. The molecule has 0 aliphatic carbocycles. The van der Waals surface area contributed by atoms with Crippen LogP contribution in [0, 0.1) is 0 Å². The van der Waals surface area contributed by atoms with Crippen LogP contribution in [-0.2, 0) is 6.42 Å². The first-order chi connectivity index (χ1) is 9.24. The standard InChI is InChI=1S/C15H18N2O2/c1-3-4-11-5-7-12(8-6-11)15(18)13-9-14(19-2)17-10-16-13/h5-10,15,18H,3-4H2,1-2H3. The van der Waals surface area contributed by atoms with Crippen LogP contribution in [0.1, 0.15) is 36.3 Å². The number of ether oxygens (including phenoxy) is 1. The Morgan fingerprint density at radius 3 is 2.58 bits per heavy atom. The van der Waals surface area contributed by atoms with E-state index >= 15 is 0 Å². The molecular formula is C15H18N2O2. The smallest absolute Gasteiger partial charge is 0.216 e. The van der Waals surface area contributed by atoms with E-state index in [1.807, 2.05) is 24.3 Å². The zero-order valence-electron chi connectivity index (χ0n) is 11.2. The fraction of sp³-hybridized carbons (Fsp3) is 0.333. The molecular weight excluding hydrogens is 240 g/mol. The van der Waals surface area contributed by atoms with Crippen LogP contribution in [0.2, 0.25) is 0 Å². The lowest BCUT2D eigenvalue weighted by Crippen LogP contribution is -2.03. The summed E-state index contributed by atoms with van der Waals surface area (Å²) in [7, 11) is 1.54. The number of aryl methyl sites for hydroxylation is 1. The van der Waals surface area contributed by atoms with Gasteiger partial charge in [-0.1, -0.05) is 37.6 Å². The quantitative estimate of drug-likeness (QED) is 0.895. The van der Waals surface area contributed by atoms with Crippen molar-refractivity contribution in [3.8, 4) is 5.88 Å². The van der Waals surface area contributed by atoms with E-state index in [9.17, 15) is 5.11 Å². The van der Waals surface area contributed by atoms with Gasteiger partial charge in [0.2, 0.25) is 5.88 Å². The van der Waals surface area contributed by atoms with Gasteiger partial charge in [-0.15, -0.1) is 0 Å². The Labute approximate surface area is 113 Å². The van der Waals surface area contributed by atoms with E-state index in [-0.39, 0.29) is 0 Å². The van der Waals surface area contributed by atoms with Crippen molar-refractivity contribution >= 4 is 0 Å². The van der Waals surface area contributed by atoms with E-state index in [1.54, 1.807) is 6.07 Å². The van der Waals surface area contributed by atoms with Crippen LogP contribution < -0.4 is 4.74 Å². The normalized spacial score (nSPS) is 12.2. The van der Waals surface area contributed by atoms with Crippen LogP contribution in [0.4, 0.5) is 0 Å². The van der Waals surface area contributed by atoms with Crippen molar-refractivity contribution < 1.29 is 9.84 Å². The van der Waals surface area contributed by atoms with Crippen molar-refractivity contribution in [1.82, 2.24) is 9.97 Å². The molecule has 0 saturated carbocycles. The first kappa shape index (κ1) is 13.5. The molecule has 1 aromatic heterocycles. The third-order valence-corrected chi connectivity index (χ3v) is 2.99. The second-order valence-corrected chi connectivity index (χ2v) is 4.38. The maximum Gasteiger partial charge on any atom is 0.216 e. The van der Waals surface area contributed by atoms with Gasteiger partial charge in [0.25, 0.3) is 0 Å². The number of rotatable bonds is 5. The van der Waals surface area contributed by atoms with Crippen molar-refractivity contribution in [2.75, 3.05) is 7.11 Å². The van der Waals surface area contributed by atoms with Gasteiger partial charge in [-0.3, -0.25) is 0 Å². The van der Waals surface area contributed by atoms with Crippen LogP contribution in [0.15, 0.2) is 36.7 Å². The van der Waals surface area contributed by atoms with Gasteiger partial charge in [-0.25, -0.2) is 9.97 Å². The highest BCUT2D eigenvalue weighted by Crippen LogP contribution is 2.22. The van der Waals surface area contributed by atoms with Gasteiger partial charge in [-0.2, -0.15) is 0 Å². The molecule has 0 aliphatic rings. The summed E-state index contributed by atoms with van der Waals surface area (Å²) in [6, 6.07) is 9.60. The number of hydrogen-bond acceptors (Lipinski definition) is 4. The maximum absolute atomic E-state index is 10.3. The van der Waals surface area contributed by atoms with E-state index in [4.69, 9.17) is 4.74 Å². The minimum atomic E-state index is -0.757. The Kier molecular flexibility index (Phi) is 4.47. The SMILES string of the molecule is CCCc1ccc(C(O)c2cc(OC)ncn2)cc1. The second-order valence-electron chi connectivity index (χ2n) is 4.38. The molecule has 0 fully saturated rings. The van der Waals surface area contributed by atoms with Crippen LogP contribution in [-0.4, -0.2) is 22.2 Å². The summed E-state index contributed by atoms with van der Waals surface area (Å²) >= 11 is 0. The van der Waals surface area contributed by atoms with Gasteiger partial charge in [-0.05, 0) is 17.5 Å². The summed E-state index contributed by atoms with van der Waals surface area (Å²) in [6.45, 7) is 2.15. The van der Waals surface area contributed by atoms with Gasteiger partial charge in [0, 0.05) is 6.07 Å². The van der Waals surface area contributed by atoms with E-state index in [0.717, 1.165) is 18.4 Å². The van der Waals surface area contributed by atoms with Crippen LogP contribution in [0.5, 0.6) is 5.88 Å². The van der Waals surface area contributed by atoms with E-state index in [0.29, 0.717) is 11.6 Å². The summed E-state index contributed by atoms with van der Waals surface area (Å²) in [6.07, 6.45) is 2.80. The lowest BCUT2D eigenvalue weighted by atomic mass is 10.0. The summed E-state index contributed by atoms with van der Waals surface area (Å²) < 4.78 is 5.03. The average Bonchev–Trinajstić information content (AvgIpc) is 2.48. The molecule has 100 valence electrons. The number of nitrogens with zero attached hydrogens (tertiary/aromatic N) is 2. The first-order valence-electron chi connectivity index (χ1n) is 6.37. The Balaban J connectivity index is 2.20. The number of aromatic nitrogens is 2. The van der Waals surface area contributed by atoms with Crippen LogP contribution in [0.3, 0.4) is 0 Å². The minimum absolute atomic E-state index is 0.451. The lowest BCUT2D eigenvalue weighted by Gasteiger charge is -2.11. The van der Waals surface area contributed by atoms with Crippen molar-refractivity contribution in [1.29, 1.82) is 0 Å². The van der Waals surface area contributed by atoms with Crippen molar-refractivity contribution in [2.24, 2.45) is 0 Å². The van der Waals surface area contributed by atoms with Gasteiger partial charge in [0.05, 0.1) is 12.8 Å². The third kappa shape index (κ3) is 3.29. The lowest BCUT2D eigenvalue weighted by molar-refractivity contribution is 0.214. The maximum atomic E-state index is 10.3. The molecule has 0 spiro atoms. The van der Waals surface area contributed by atoms with Gasteiger partial charge >= 0.3 is 0 Å². The van der Waals surface area contributed by atoms with Crippen molar-refractivity contribution in [3.63, 3.8) is 0 Å². The molecule has 4 nitrogen and oxygen atoms in total. The fourth-order valence-electron chi connectivity index (χ4n) is 1.94. The molecule has 0 saturated heterocycles. The fourth-order valence-corrected chi connectivity index (χ4v) is 1.94. The molecule has 2 rings (SSSR count). The molecule has 1 N–H and O–H groups in total. The van der Waals surface area contributed by atoms with Gasteiger partial charge in [0.15, 0.2) is 0 Å². The molecule has 1 unspecified atom stereocenters. The van der Waals surface area contributed by atoms with Crippen molar-refractivity contribution in [3.05, 3.63) is 53.5 Å². The molecule has 4 heteroatoms. The Morgan fingerprint density at radius 1 is 1.21 bits per heavy atom. The predicted octanol–water partition coefficient (Wildman–Crippen LogP) is 2.52. The van der Waals surface area contributed by atoms with Crippen LogP contribution >= 0.6 is 0 Å². The molecule has 1 aromatic carbocycles. The summed E-state index contributed by atoms with van der Waals surface area (Å²) in [5.74, 6) is 0.451. The molecule has 19 heavy (non-hydrogen) atoms. The molecule has 2 aromatic rings. The van der Waals surface area contributed by atoms with Gasteiger partial charge < -0.3 is 9.84 Å². The van der Waals surface area contributed by atoms with E-state index < -0.39 is 6.10 Å². The molecule has 0 amide bonds. The van der Waals surface area contributed by atoms with Gasteiger partial charge in [0.1, 0.15) is 12.4 Å². The summed E-state index contributed by atoms with van der Waals surface area (Å²) in [4.78, 5) is 8.01. The van der Waals surface area contributed by atoms with Crippen LogP contribution in [0.25, 0.3) is 0 Å². The zero-order valence-corrected chi connectivity index (χ0v) is 11.2. The third-order valence-electron chi connectivity index (χ3n) is 2.99. The minimum Gasteiger partial charge on any atom is -0.481 e. The largest absolute Gasteiger partial charge is 0.481 e.